The van der Waals surface area contributed by atoms with Crippen molar-refractivity contribution in [3.05, 3.63) is 36.5 Å². The van der Waals surface area contributed by atoms with E-state index < -0.39 is 12.1 Å². The van der Waals surface area contributed by atoms with E-state index in [-0.39, 0.29) is 18.5 Å². The molecule has 0 fully saturated rings. The van der Waals surface area contributed by atoms with Gasteiger partial charge in [0.1, 0.15) is 0 Å². The maximum atomic E-state index is 12.5. The smallest absolute Gasteiger partial charge is 0.305 e. The molecule has 2 unspecified atom stereocenters. The topological polar surface area (TPSA) is 95.9 Å². The van der Waals surface area contributed by atoms with Crippen molar-refractivity contribution in [2.24, 2.45) is 0 Å². The van der Waals surface area contributed by atoms with Gasteiger partial charge in [-0.15, -0.1) is 0 Å². The fourth-order valence-electron chi connectivity index (χ4n) is 11.4. The van der Waals surface area contributed by atoms with E-state index in [1.807, 2.05) is 0 Å². The first-order valence-electron chi connectivity index (χ1n) is 36.2. The van der Waals surface area contributed by atoms with E-state index in [0.717, 1.165) is 51.4 Å². The van der Waals surface area contributed by atoms with Gasteiger partial charge in [0.05, 0.1) is 25.4 Å². The van der Waals surface area contributed by atoms with Crippen LogP contribution < -0.4 is 5.32 Å². The molecule has 0 heterocycles. The van der Waals surface area contributed by atoms with Crippen LogP contribution in [0.5, 0.6) is 0 Å². The third kappa shape index (κ3) is 65.2. The van der Waals surface area contributed by atoms with Gasteiger partial charge < -0.3 is 20.3 Å². The molecule has 0 spiro atoms. The fourth-order valence-corrected chi connectivity index (χ4v) is 11.4. The second-order valence-electron chi connectivity index (χ2n) is 24.9. The van der Waals surface area contributed by atoms with Crippen molar-refractivity contribution in [1.82, 2.24) is 5.32 Å². The monoisotopic (exact) mass is 1120 g/mol. The Kier molecular flexibility index (Phi) is 67.9. The predicted octanol–water partition coefficient (Wildman–Crippen LogP) is 23.5. The van der Waals surface area contributed by atoms with Crippen LogP contribution in [-0.2, 0) is 14.3 Å². The lowest BCUT2D eigenvalue weighted by Gasteiger charge is -2.22. The molecule has 0 bridgehead atoms. The van der Waals surface area contributed by atoms with Crippen molar-refractivity contribution in [2.75, 3.05) is 13.2 Å². The average molecular weight is 1120 g/mol. The lowest BCUT2D eigenvalue weighted by Crippen LogP contribution is -2.45. The summed E-state index contributed by atoms with van der Waals surface area (Å²) in [6.45, 7) is 4.97. The molecular weight excluding hydrogens is 983 g/mol. The summed E-state index contributed by atoms with van der Waals surface area (Å²) in [5.41, 5.74) is 0. The van der Waals surface area contributed by atoms with E-state index in [4.69, 9.17) is 4.74 Å². The maximum Gasteiger partial charge on any atom is 0.305 e. The number of aliphatic hydroxyl groups is 2. The number of unbranched alkanes of at least 4 members (excludes halogenated alkanes) is 51. The molecule has 3 N–H and O–H groups in total. The third-order valence-electron chi connectivity index (χ3n) is 16.9. The van der Waals surface area contributed by atoms with Crippen molar-refractivity contribution in [3.8, 4) is 0 Å². The molecule has 0 aromatic heterocycles. The third-order valence-corrected chi connectivity index (χ3v) is 16.9. The van der Waals surface area contributed by atoms with Gasteiger partial charge in [0.25, 0.3) is 0 Å². The molecule has 0 saturated carbocycles. The number of carbonyl (C=O) groups is 2. The minimum atomic E-state index is -0.663. The number of hydrogen-bond donors (Lipinski definition) is 3. The van der Waals surface area contributed by atoms with Gasteiger partial charge in [-0.05, 0) is 83.5 Å². The Morgan fingerprint density at radius 2 is 0.625 bits per heavy atom. The second-order valence-corrected chi connectivity index (χ2v) is 24.9. The van der Waals surface area contributed by atoms with Crippen molar-refractivity contribution >= 4 is 11.9 Å². The number of amides is 1. The first-order valence-corrected chi connectivity index (χ1v) is 36.2. The molecule has 472 valence electrons. The molecule has 0 aliphatic carbocycles. The Morgan fingerprint density at radius 3 is 0.963 bits per heavy atom. The molecule has 0 rings (SSSR count). The summed E-state index contributed by atoms with van der Waals surface area (Å²) in [6, 6.07) is -0.540. The molecule has 2 atom stereocenters. The summed E-state index contributed by atoms with van der Waals surface area (Å²) in [6.07, 6.45) is 89.2. The van der Waals surface area contributed by atoms with Crippen LogP contribution in [-0.4, -0.2) is 47.4 Å². The summed E-state index contributed by atoms with van der Waals surface area (Å²) in [4.78, 5) is 24.6. The van der Waals surface area contributed by atoms with Crippen LogP contribution >= 0.6 is 0 Å². The van der Waals surface area contributed by atoms with Gasteiger partial charge >= 0.3 is 5.97 Å². The summed E-state index contributed by atoms with van der Waals surface area (Å²) in [7, 11) is 0. The number of nitrogens with one attached hydrogen (secondary N) is 1. The molecule has 0 aromatic carbocycles. The minimum absolute atomic E-state index is 0.0132. The van der Waals surface area contributed by atoms with E-state index in [2.05, 4.69) is 55.6 Å². The number of esters is 1. The van der Waals surface area contributed by atoms with E-state index in [0.29, 0.717) is 25.9 Å². The molecule has 0 saturated heterocycles. The molecule has 6 nitrogen and oxygen atoms in total. The van der Waals surface area contributed by atoms with Crippen LogP contribution in [0.1, 0.15) is 399 Å². The summed E-state index contributed by atoms with van der Waals surface area (Å²) >= 11 is 0. The molecule has 6 heteroatoms. The van der Waals surface area contributed by atoms with Gasteiger partial charge in [0.15, 0.2) is 0 Å². The molecule has 0 radical (unpaired) electrons. The zero-order valence-electron chi connectivity index (χ0n) is 54.1. The van der Waals surface area contributed by atoms with Crippen LogP contribution in [0.3, 0.4) is 0 Å². The van der Waals surface area contributed by atoms with Crippen LogP contribution in [0.2, 0.25) is 0 Å². The Morgan fingerprint density at radius 1 is 0.350 bits per heavy atom. The predicted molar refractivity (Wildman–Crippen MR) is 352 cm³/mol. The summed E-state index contributed by atoms with van der Waals surface area (Å²) in [5, 5.41) is 23.3. The quantitative estimate of drug-likeness (QED) is 0.0320. The number of carbonyl (C=O) groups excluding carboxylic acids is 2. The van der Waals surface area contributed by atoms with Gasteiger partial charge in [-0.2, -0.15) is 0 Å². The normalized spacial score (nSPS) is 12.7. The molecule has 1 amide bonds. The highest BCUT2D eigenvalue weighted by molar-refractivity contribution is 5.76. The fraction of sp³-hybridized carbons (Fsp3) is 0.892. The Balaban J connectivity index is 3.37. The van der Waals surface area contributed by atoms with Gasteiger partial charge in [0.2, 0.25) is 5.91 Å². The van der Waals surface area contributed by atoms with Crippen LogP contribution in [0.15, 0.2) is 36.5 Å². The van der Waals surface area contributed by atoms with Gasteiger partial charge in [0, 0.05) is 12.8 Å². The molecule has 0 aliphatic heterocycles. The first-order chi connectivity index (χ1) is 39.5. The highest BCUT2D eigenvalue weighted by Gasteiger charge is 2.20. The Labute approximate surface area is 500 Å². The zero-order valence-corrected chi connectivity index (χ0v) is 54.1. The summed E-state index contributed by atoms with van der Waals surface area (Å²) in [5.74, 6) is -0.0194. The largest absolute Gasteiger partial charge is 0.466 e. The van der Waals surface area contributed by atoms with E-state index in [1.54, 1.807) is 0 Å². The molecule has 80 heavy (non-hydrogen) atoms. The number of ether oxygens (including phenoxy) is 1. The van der Waals surface area contributed by atoms with Crippen molar-refractivity contribution < 1.29 is 24.5 Å². The minimum Gasteiger partial charge on any atom is -0.466 e. The molecule has 0 aromatic rings. The zero-order chi connectivity index (χ0) is 57.8. The number of rotatable bonds is 68. The standard InChI is InChI=1S/C74H141NO5/c1-3-5-7-9-11-13-15-17-18-19-33-37-40-44-48-52-56-60-64-68-74(79)80-69-65-61-57-53-49-45-41-38-35-32-30-28-26-24-22-20-21-23-25-27-29-31-34-36-39-43-47-51-55-59-63-67-73(78)75-71(70-76)72(77)66-62-58-54-50-46-42-16-14-12-10-8-6-4-2/h17-18,22,24,28,30,71-72,76-77H,3-16,19-21,23,25-27,29,31-70H2,1-2H3,(H,75,78)/b18-17-,24-22-,30-28-. The SMILES string of the molecule is CCCCCCCC/C=C\CCCCCCCCCCCC(=O)OCCCCCCCCCCC/C=C\C/C=C\CCCCCCCCCCCCCCCCCC(=O)NC(CO)C(O)CCCCCCCCCCCCCCC. The molecular formula is C74H141NO5. The van der Waals surface area contributed by atoms with Crippen LogP contribution in [0, 0.1) is 0 Å². The van der Waals surface area contributed by atoms with E-state index >= 15 is 0 Å². The van der Waals surface area contributed by atoms with Crippen molar-refractivity contribution in [1.29, 1.82) is 0 Å². The van der Waals surface area contributed by atoms with Crippen LogP contribution in [0.4, 0.5) is 0 Å². The highest BCUT2D eigenvalue weighted by atomic mass is 16.5. The van der Waals surface area contributed by atoms with E-state index in [1.165, 1.54) is 315 Å². The number of hydrogen-bond acceptors (Lipinski definition) is 5. The van der Waals surface area contributed by atoms with Crippen molar-refractivity contribution in [3.63, 3.8) is 0 Å². The van der Waals surface area contributed by atoms with Crippen molar-refractivity contribution in [2.45, 2.75) is 411 Å². The van der Waals surface area contributed by atoms with Crippen LogP contribution in [0.25, 0.3) is 0 Å². The average Bonchev–Trinajstić information content (AvgIpc) is 3.46. The Bertz CT molecular complexity index is 1300. The van der Waals surface area contributed by atoms with Gasteiger partial charge in [-0.1, -0.05) is 339 Å². The van der Waals surface area contributed by atoms with Gasteiger partial charge in [-0.3, -0.25) is 9.59 Å². The summed E-state index contributed by atoms with van der Waals surface area (Å²) < 4.78 is 5.51. The lowest BCUT2D eigenvalue weighted by molar-refractivity contribution is -0.143. The first kappa shape index (κ1) is 78.1. The molecule has 0 aliphatic rings. The van der Waals surface area contributed by atoms with Gasteiger partial charge in [-0.25, -0.2) is 0 Å². The van der Waals surface area contributed by atoms with E-state index in [9.17, 15) is 19.8 Å². The second kappa shape index (κ2) is 69.6. The lowest BCUT2D eigenvalue weighted by atomic mass is 10.0. The Hall–Kier alpha value is -1.92. The number of aliphatic hydroxyl groups excluding tert-OH is 2. The highest BCUT2D eigenvalue weighted by Crippen LogP contribution is 2.19. The maximum absolute atomic E-state index is 12.5. The number of allylic oxidation sites excluding steroid dienone is 6.